The minimum absolute atomic E-state index is 0. The van der Waals surface area contributed by atoms with Crippen molar-refractivity contribution in [2.24, 2.45) is 0 Å². The fourth-order valence-corrected chi connectivity index (χ4v) is 21.8. The molecule has 0 saturated carbocycles. The maximum Gasteiger partial charge on any atom is 0.380 e. The Bertz CT molecular complexity index is 6330. The second-order valence-corrected chi connectivity index (χ2v) is 44.5. The Hall–Kier alpha value is -9.56. The number of esters is 4. The number of ether oxygens (including phenoxy) is 3. The first-order chi connectivity index (χ1) is 59.8. The number of aromatic hydroxyl groups is 2. The summed E-state index contributed by atoms with van der Waals surface area (Å²) in [4.78, 5) is 53.5. The van der Waals surface area contributed by atoms with Crippen molar-refractivity contribution in [3.8, 4) is 84.7 Å². The van der Waals surface area contributed by atoms with Crippen molar-refractivity contribution in [3.05, 3.63) is 186 Å². The van der Waals surface area contributed by atoms with E-state index >= 15 is 52.7 Å². The van der Waals surface area contributed by atoms with Crippen LogP contribution >= 0.6 is 68.0 Å². The van der Waals surface area contributed by atoms with Crippen LogP contribution in [0.3, 0.4) is 0 Å². The molecule has 14 rings (SSSR count). The van der Waals surface area contributed by atoms with E-state index in [0.29, 0.717) is 29.3 Å². The van der Waals surface area contributed by atoms with Crippen molar-refractivity contribution in [2.75, 3.05) is 19.6 Å². The van der Waals surface area contributed by atoms with Gasteiger partial charge in [0.1, 0.15) is 22.7 Å². The highest BCUT2D eigenvalue weighted by molar-refractivity contribution is 7.27. The molecule has 4 aromatic carbocycles. The quantitative estimate of drug-likeness (QED) is 0.0328. The van der Waals surface area contributed by atoms with Crippen molar-refractivity contribution < 1.29 is 105 Å². The second kappa shape index (κ2) is 38.0. The molecule has 0 bridgehead atoms. The number of thiophene rings is 6. The first-order valence-corrected chi connectivity index (χ1v) is 46.7. The lowest BCUT2D eigenvalue weighted by Crippen LogP contribution is -2.48. The number of benzene rings is 4. The number of alkyl halides is 12. The summed E-state index contributed by atoms with van der Waals surface area (Å²) in [7, 11) is 0. The molecule has 0 aliphatic heterocycles. The fourth-order valence-electron chi connectivity index (χ4n) is 14.8. The Kier molecular flexibility index (Phi) is 30.5. The molecule has 8 aromatic heterocycles. The minimum atomic E-state index is -5.92. The van der Waals surface area contributed by atoms with Crippen LogP contribution in [0.5, 0.6) is 23.0 Å². The number of carbonyl (C=O) groups is 4. The maximum absolute atomic E-state index is 17.1. The molecule has 712 valence electrons. The fraction of sp³-hybridized carbons (Fsp3) is 0.412. The first-order valence-electron chi connectivity index (χ1n) is 41.8. The lowest BCUT2D eigenvalue weighted by Gasteiger charge is -2.26. The molecular weight excluding hydrogens is 1840 g/mol. The van der Waals surface area contributed by atoms with Crippen LogP contribution in [0.1, 0.15) is 241 Å². The van der Waals surface area contributed by atoms with E-state index in [0.717, 1.165) is 91.4 Å². The zero-order valence-corrected chi connectivity index (χ0v) is 81.7. The highest BCUT2D eigenvalue weighted by Gasteiger charge is 2.82. The van der Waals surface area contributed by atoms with Gasteiger partial charge in [-0.1, -0.05) is 209 Å². The average molecular weight is 1950 g/mol. The summed E-state index contributed by atoms with van der Waals surface area (Å²) >= 11 is 7.50. The van der Waals surface area contributed by atoms with Gasteiger partial charge in [0.05, 0.1) is 9.75 Å². The van der Waals surface area contributed by atoms with Gasteiger partial charge in [-0.25, -0.2) is 0 Å². The van der Waals surface area contributed by atoms with Gasteiger partial charge in [0, 0.05) is 155 Å². The van der Waals surface area contributed by atoms with Crippen molar-refractivity contribution >= 4 is 136 Å². The number of phenols is 2. The molecule has 12 nitrogen and oxygen atoms in total. The van der Waals surface area contributed by atoms with Crippen molar-refractivity contribution in [1.82, 2.24) is 4.90 Å². The Morgan fingerprint density at radius 1 is 0.348 bits per heavy atom. The van der Waals surface area contributed by atoms with Gasteiger partial charge < -0.3 is 38.2 Å². The van der Waals surface area contributed by atoms with Gasteiger partial charge in [0.15, 0.2) is 23.0 Å². The molecule has 0 spiro atoms. The maximum atomic E-state index is 17.1. The SMILES string of the molecule is C.C.CC(=O)OC(C)=O.CC(=O)Oc1cc2oc(-c3ccc(C(C)(C)C)cc3)c(C3=C(c4cc(-c5ccc(C(C)(C)C)s5)sc4-c4ccc(C(C)(C)C)s4)C(F)(F)C(F)(F)C3(F)F)c2cc1OC(C)=O.CC(C)(C)c1ccc(-c2oc3cc(O)c(O)cc3c2C2=C(c3cc(-c4ccc(C(C)(C)C)s4)sc3-c3ccc(C(C)(C)C)s3)C(F)(F)C(F)(F)C2(F)F)cc1.CCN(CC)CC. The molecule has 0 amide bonds. The van der Waals surface area contributed by atoms with Crippen LogP contribution in [0, 0.1) is 0 Å². The summed E-state index contributed by atoms with van der Waals surface area (Å²) in [6.07, 6.45) is 0. The highest BCUT2D eigenvalue weighted by atomic mass is 32.1. The van der Waals surface area contributed by atoms with Crippen LogP contribution in [0.25, 0.3) is 106 Å². The number of rotatable bonds is 15. The topological polar surface area (TPSA) is 166 Å². The molecule has 30 heteroatoms. The molecule has 0 saturated heterocycles. The summed E-state index contributed by atoms with van der Waals surface area (Å²) in [5.41, 5.74) is -9.29. The number of carbonyl (C=O) groups excluding carboxylic acids is 4. The van der Waals surface area contributed by atoms with Gasteiger partial charge in [-0.05, 0) is 136 Å². The second-order valence-electron chi connectivity index (χ2n) is 38.1. The molecule has 2 aliphatic rings. The van der Waals surface area contributed by atoms with E-state index in [-0.39, 0.29) is 95.9 Å². The lowest BCUT2D eigenvalue weighted by atomic mass is 9.86. The Balaban J connectivity index is 0.000000256. The van der Waals surface area contributed by atoms with Gasteiger partial charge >= 0.3 is 59.4 Å². The van der Waals surface area contributed by atoms with Crippen LogP contribution in [0.2, 0.25) is 0 Å². The zero-order chi connectivity index (χ0) is 97.0. The smallest absolute Gasteiger partial charge is 0.380 e. The third-order valence-corrected chi connectivity index (χ3v) is 30.9. The highest BCUT2D eigenvalue weighted by Crippen LogP contribution is 2.71. The number of hydrogen-bond acceptors (Lipinski definition) is 18. The van der Waals surface area contributed by atoms with Crippen LogP contribution in [0.4, 0.5) is 52.7 Å². The molecule has 12 aromatic rings. The van der Waals surface area contributed by atoms with Gasteiger partial charge in [0.2, 0.25) is 0 Å². The summed E-state index contributed by atoms with van der Waals surface area (Å²) in [5.74, 6) is -39.4. The molecule has 0 radical (unpaired) electrons. The largest absolute Gasteiger partial charge is 0.504 e. The molecule has 132 heavy (non-hydrogen) atoms. The van der Waals surface area contributed by atoms with Gasteiger partial charge in [-0.2, -0.15) is 52.7 Å². The van der Waals surface area contributed by atoms with Crippen molar-refractivity contribution in [3.63, 3.8) is 0 Å². The predicted molar refractivity (Wildman–Crippen MR) is 516 cm³/mol. The number of nitrogens with zero attached hydrogens (tertiary/aromatic N) is 1. The molecule has 8 heterocycles. The normalized spacial score (nSPS) is 15.7. The minimum Gasteiger partial charge on any atom is -0.504 e. The van der Waals surface area contributed by atoms with E-state index in [9.17, 15) is 29.4 Å². The number of furan rings is 2. The number of hydrogen-bond donors (Lipinski definition) is 2. The van der Waals surface area contributed by atoms with Crippen molar-refractivity contribution in [1.29, 1.82) is 0 Å². The molecular formula is C102H113F12NO11S6. The van der Waals surface area contributed by atoms with E-state index in [4.69, 9.17) is 18.3 Å². The van der Waals surface area contributed by atoms with Gasteiger partial charge in [-0.15, -0.1) is 68.0 Å². The number of halogens is 12. The van der Waals surface area contributed by atoms with E-state index in [1.54, 1.807) is 48.5 Å². The Labute approximate surface area is 787 Å². The van der Waals surface area contributed by atoms with Crippen LogP contribution in [0.15, 0.2) is 142 Å². The molecule has 0 atom stereocenters. The Morgan fingerprint density at radius 2 is 0.636 bits per heavy atom. The van der Waals surface area contributed by atoms with Crippen LogP contribution < -0.4 is 9.47 Å². The molecule has 0 fully saturated rings. The summed E-state index contributed by atoms with van der Waals surface area (Å²) in [5, 5.41) is 20.2. The van der Waals surface area contributed by atoms with Crippen LogP contribution in [-0.2, 0) is 56.4 Å². The van der Waals surface area contributed by atoms with E-state index in [1.807, 2.05) is 161 Å². The molecule has 2 aliphatic carbocycles. The van der Waals surface area contributed by atoms with E-state index in [2.05, 4.69) is 30.4 Å². The molecule has 2 N–H and O–H groups in total. The average Bonchev–Trinajstić information content (AvgIpc) is 1.52. The number of phenolic OH excluding ortho intramolecular Hbond substituents is 2. The monoisotopic (exact) mass is 1950 g/mol. The molecule has 0 unspecified atom stereocenters. The summed E-state index contributed by atoms with van der Waals surface area (Å²) in [6.45, 7) is 50.3. The van der Waals surface area contributed by atoms with E-state index in [1.165, 1.54) is 103 Å². The predicted octanol–water partition coefficient (Wildman–Crippen LogP) is 32.7. The third-order valence-electron chi connectivity index (χ3n) is 21.9. The van der Waals surface area contributed by atoms with Gasteiger partial charge in [0.25, 0.3) is 0 Å². The zero-order valence-electron chi connectivity index (χ0n) is 76.8. The van der Waals surface area contributed by atoms with Crippen molar-refractivity contribution in [2.45, 2.75) is 256 Å². The summed E-state index contributed by atoms with van der Waals surface area (Å²) in [6, 6.07) is 34.0. The van der Waals surface area contributed by atoms with E-state index < -0.39 is 133 Å². The lowest BCUT2D eigenvalue weighted by molar-refractivity contribution is -0.254. The first kappa shape index (κ1) is 106. The van der Waals surface area contributed by atoms with Gasteiger partial charge in [-0.3, -0.25) is 19.2 Å². The third kappa shape index (κ3) is 20.7. The number of allylic oxidation sites excluding steroid dienone is 4. The Morgan fingerprint density at radius 3 is 0.917 bits per heavy atom. The standard InChI is InChI=1S/C47H44F6O5S3.C43H40F6O3S3.C6H15N.C4H6O3.2CH4/c1-23(54)56-30-20-27-29(22-31(30)57-24(2)55)58-40(25-12-14-26(15-13-25)42(3,4)5)37(27)39-38(45(48,49)47(52,53)46(39,50)51)28-21-34(32-16-18-35(59-32)43(6,7)8)61-41(28)33-17-19-36(60-33)44(9,10)11;1-38(2,3)22-12-10-21(11-13-22)36-33(23-18-25(50)26(51)20-27(23)52-36)35-34(41(44,45)43(48,49)42(35,46)47)24-19-30(28-14-16-31(53-28)39(4,5)6)55-37(24)29-15-17-32(54-29)40(7,8)9;1-4-7(5-2)6-3;1-3(5)7-4(2)6;;/h12-22H,1-11H3;10-20,50-51H,1-9H3;4-6H2,1-3H3;1-2H3;2*1H4. The number of fused-ring (bicyclic) bond motifs is 2. The van der Waals surface area contributed by atoms with Crippen LogP contribution in [-0.4, -0.2) is 94.2 Å². The summed E-state index contributed by atoms with van der Waals surface area (Å²) < 4.78 is 227.